The number of carbonyl (C=O) groups is 1. The Morgan fingerprint density at radius 3 is 2.82 bits per heavy atom. The lowest BCUT2D eigenvalue weighted by Crippen LogP contribution is -2.33. The molecule has 0 aromatic heterocycles. The Hall–Kier alpha value is -1.01. The molecule has 3 nitrogen and oxygen atoms in total. The number of hydrogen-bond acceptors (Lipinski definition) is 2. The largest absolute Gasteiger partial charge is 0.393 e. The zero-order valence-corrected chi connectivity index (χ0v) is 11.6. The lowest BCUT2D eigenvalue weighted by Gasteiger charge is -2.11. The van der Waals surface area contributed by atoms with Gasteiger partial charge in [0.15, 0.2) is 0 Å². The molecule has 0 saturated carbocycles. The van der Waals surface area contributed by atoms with Crippen LogP contribution in [0.15, 0.2) is 22.7 Å². The molecule has 1 aromatic carbocycles. The highest BCUT2D eigenvalue weighted by Gasteiger charge is 2.11. The lowest BCUT2D eigenvalue weighted by molar-refractivity contribution is 0.0951. The van der Waals surface area contributed by atoms with Crippen molar-refractivity contribution in [1.29, 1.82) is 0 Å². The van der Waals surface area contributed by atoms with Gasteiger partial charge in [-0.05, 0) is 34.1 Å². The average Bonchev–Trinajstić information content (AvgIpc) is 2.28. The van der Waals surface area contributed by atoms with Gasteiger partial charge in [-0.15, -0.1) is 0 Å². The molecule has 0 aliphatic carbocycles. The zero-order chi connectivity index (χ0) is 13.0. The number of benzene rings is 1. The van der Waals surface area contributed by atoms with Gasteiger partial charge in [0.1, 0.15) is 5.82 Å². The van der Waals surface area contributed by atoms with Crippen molar-refractivity contribution in [2.24, 2.45) is 11.7 Å². The Labute approximate surface area is 113 Å². The Bertz CT molecular complexity index is 453. The molecular weight excluding hydrogens is 307 g/mol. The Morgan fingerprint density at radius 2 is 2.29 bits per heavy atom. The van der Waals surface area contributed by atoms with Crippen LogP contribution in [-0.2, 0) is 0 Å². The molecule has 1 amide bonds. The first-order valence-electron chi connectivity index (χ1n) is 4.94. The quantitative estimate of drug-likeness (QED) is 0.837. The highest BCUT2D eigenvalue weighted by molar-refractivity contribution is 9.10. The summed E-state index contributed by atoms with van der Waals surface area (Å²) in [5, 5.41) is 2.64. The number of thiocarbonyl (C=S) groups is 1. The van der Waals surface area contributed by atoms with E-state index >= 15 is 0 Å². The SMILES string of the molecule is CC(CNC(=O)c1ccc(Br)c(F)c1)C(N)=S. The van der Waals surface area contributed by atoms with E-state index in [1.54, 1.807) is 0 Å². The molecule has 0 fully saturated rings. The minimum Gasteiger partial charge on any atom is -0.393 e. The summed E-state index contributed by atoms with van der Waals surface area (Å²) in [4.78, 5) is 12.0. The molecule has 6 heteroatoms. The average molecular weight is 319 g/mol. The minimum absolute atomic E-state index is 0.0887. The van der Waals surface area contributed by atoms with Crippen molar-refractivity contribution in [1.82, 2.24) is 5.32 Å². The maximum absolute atomic E-state index is 13.2. The predicted molar refractivity (Wildman–Crippen MR) is 72.4 cm³/mol. The van der Waals surface area contributed by atoms with Gasteiger partial charge in [0, 0.05) is 18.0 Å². The third kappa shape index (κ3) is 4.05. The van der Waals surface area contributed by atoms with Crippen LogP contribution in [0.2, 0.25) is 0 Å². The topological polar surface area (TPSA) is 55.1 Å². The second-order valence-electron chi connectivity index (χ2n) is 3.64. The number of amides is 1. The van der Waals surface area contributed by atoms with Crippen molar-refractivity contribution >= 4 is 39.0 Å². The highest BCUT2D eigenvalue weighted by Crippen LogP contribution is 2.16. The van der Waals surface area contributed by atoms with Crippen LogP contribution in [-0.4, -0.2) is 17.4 Å². The Kier molecular flexibility index (Phi) is 5.02. The second kappa shape index (κ2) is 6.07. The van der Waals surface area contributed by atoms with E-state index in [4.69, 9.17) is 18.0 Å². The second-order valence-corrected chi connectivity index (χ2v) is 4.97. The van der Waals surface area contributed by atoms with E-state index in [2.05, 4.69) is 21.2 Å². The Morgan fingerprint density at radius 1 is 1.65 bits per heavy atom. The first-order valence-corrected chi connectivity index (χ1v) is 6.14. The monoisotopic (exact) mass is 318 g/mol. The van der Waals surface area contributed by atoms with Gasteiger partial charge in [-0.25, -0.2) is 4.39 Å². The maximum atomic E-state index is 13.2. The number of halogens is 2. The van der Waals surface area contributed by atoms with Crippen molar-refractivity contribution < 1.29 is 9.18 Å². The highest BCUT2D eigenvalue weighted by atomic mass is 79.9. The molecule has 0 spiro atoms. The first kappa shape index (κ1) is 14.1. The maximum Gasteiger partial charge on any atom is 0.251 e. The number of hydrogen-bond donors (Lipinski definition) is 2. The molecule has 17 heavy (non-hydrogen) atoms. The molecule has 1 aromatic rings. The summed E-state index contributed by atoms with van der Waals surface area (Å²) in [6, 6.07) is 4.19. The molecule has 0 bridgehead atoms. The van der Waals surface area contributed by atoms with E-state index < -0.39 is 5.82 Å². The van der Waals surface area contributed by atoms with Gasteiger partial charge in [-0.3, -0.25) is 4.79 Å². The molecule has 0 aliphatic heterocycles. The van der Waals surface area contributed by atoms with Crippen molar-refractivity contribution in [3.63, 3.8) is 0 Å². The van der Waals surface area contributed by atoms with Gasteiger partial charge in [0.05, 0.1) is 9.46 Å². The summed E-state index contributed by atoms with van der Waals surface area (Å²) >= 11 is 7.80. The first-order chi connectivity index (χ1) is 7.91. The zero-order valence-electron chi connectivity index (χ0n) is 9.17. The summed E-state index contributed by atoms with van der Waals surface area (Å²) < 4.78 is 13.5. The van der Waals surface area contributed by atoms with Crippen molar-refractivity contribution in [2.45, 2.75) is 6.92 Å². The van der Waals surface area contributed by atoms with Crippen LogP contribution >= 0.6 is 28.1 Å². The van der Waals surface area contributed by atoms with Crippen LogP contribution in [0.1, 0.15) is 17.3 Å². The van der Waals surface area contributed by atoms with Crippen LogP contribution in [0.25, 0.3) is 0 Å². The summed E-state index contributed by atoms with van der Waals surface area (Å²) in [5.74, 6) is -0.909. The molecule has 1 atom stereocenters. The van der Waals surface area contributed by atoms with Gasteiger partial charge < -0.3 is 11.1 Å². The molecule has 0 saturated heterocycles. The summed E-state index contributed by atoms with van der Waals surface area (Å²) in [6.45, 7) is 2.15. The lowest BCUT2D eigenvalue weighted by atomic mass is 10.1. The van der Waals surface area contributed by atoms with E-state index in [0.717, 1.165) is 0 Å². The van der Waals surface area contributed by atoms with E-state index in [-0.39, 0.29) is 17.4 Å². The summed E-state index contributed by atoms with van der Waals surface area (Å²) in [6.07, 6.45) is 0. The number of carbonyl (C=O) groups excluding carboxylic acids is 1. The smallest absolute Gasteiger partial charge is 0.251 e. The third-order valence-electron chi connectivity index (χ3n) is 2.24. The van der Waals surface area contributed by atoms with Crippen LogP contribution in [0.3, 0.4) is 0 Å². The molecule has 0 radical (unpaired) electrons. The van der Waals surface area contributed by atoms with E-state index in [0.29, 0.717) is 16.0 Å². The van der Waals surface area contributed by atoms with Crippen molar-refractivity contribution in [3.05, 3.63) is 34.1 Å². The van der Waals surface area contributed by atoms with Crippen molar-refractivity contribution in [3.8, 4) is 0 Å². The molecule has 0 heterocycles. The standard InChI is InChI=1S/C11H12BrFN2OS/c1-6(10(14)17)5-15-11(16)7-2-3-8(12)9(13)4-7/h2-4,6H,5H2,1H3,(H2,14,17)(H,15,16). The number of nitrogens with one attached hydrogen (secondary N) is 1. The van der Waals surface area contributed by atoms with Crippen LogP contribution in [0.5, 0.6) is 0 Å². The van der Waals surface area contributed by atoms with Gasteiger partial charge in [0.25, 0.3) is 5.91 Å². The van der Waals surface area contributed by atoms with E-state index in [1.807, 2.05) is 6.92 Å². The molecule has 0 aliphatic rings. The van der Waals surface area contributed by atoms with Gasteiger partial charge in [-0.1, -0.05) is 19.1 Å². The Balaban J connectivity index is 2.64. The van der Waals surface area contributed by atoms with Gasteiger partial charge in [-0.2, -0.15) is 0 Å². The van der Waals surface area contributed by atoms with Gasteiger partial charge >= 0.3 is 0 Å². The molecule has 3 N–H and O–H groups in total. The van der Waals surface area contributed by atoms with Crippen LogP contribution < -0.4 is 11.1 Å². The summed E-state index contributed by atoms with van der Waals surface area (Å²) in [5.41, 5.74) is 5.68. The van der Waals surface area contributed by atoms with Crippen LogP contribution in [0.4, 0.5) is 4.39 Å². The predicted octanol–water partition coefficient (Wildman–Crippen LogP) is 2.24. The fraction of sp³-hybridized carbons (Fsp3) is 0.273. The van der Waals surface area contributed by atoms with Crippen LogP contribution in [0, 0.1) is 11.7 Å². The molecule has 1 unspecified atom stereocenters. The fourth-order valence-electron chi connectivity index (χ4n) is 1.09. The molecule has 92 valence electrons. The molecule has 1 rings (SSSR count). The minimum atomic E-state index is -0.472. The summed E-state index contributed by atoms with van der Waals surface area (Å²) in [7, 11) is 0. The number of nitrogens with two attached hydrogens (primary N) is 1. The normalized spacial score (nSPS) is 11.9. The number of rotatable bonds is 4. The van der Waals surface area contributed by atoms with E-state index in [9.17, 15) is 9.18 Å². The fourth-order valence-corrected chi connectivity index (χ4v) is 1.42. The van der Waals surface area contributed by atoms with E-state index in [1.165, 1.54) is 18.2 Å². The van der Waals surface area contributed by atoms with Gasteiger partial charge in [0.2, 0.25) is 0 Å². The third-order valence-corrected chi connectivity index (χ3v) is 3.28. The van der Waals surface area contributed by atoms with Crippen molar-refractivity contribution in [2.75, 3.05) is 6.54 Å². The molecular formula is C11H12BrFN2OS.